The van der Waals surface area contributed by atoms with Crippen LogP contribution < -0.4 is 10.1 Å². The Hall–Kier alpha value is -0.390. The highest BCUT2D eigenvalue weighted by Gasteiger charge is 2.13. The van der Waals surface area contributed by atoms with Gasteiger partial charge >= 0.3 is 0 Å². The molecule has 0 radical (unpaired) electrons. The molecule has 3 nitrogen and oxygen atoms in total. The van der Waals surface area contributed by atoms with Crippen molar-refractivity contribution in [2.75, 3.05) is 30.9 Å². The van der Waals surface area contributed by atoms with Gasteiger partial charge in [0, 0.05) is 53.4 Å². The van der Waals surface area contributed by atoms with Crippen LogP contribution in [-0.2, 0) is 6.54 Å². The number of pyridine rings is 1. The Morgan fingerprint density at radius 2 is 2.33 bits per heavy atom. The molecular weight excluding hydrogens is 264 g/mol. The second-order valence-corrected chi connectivity index (χ2v) is 6.90. The van der Waals surface area contributed by atoms with E-state index in [-0.39, 0.29) is 0 Å². The maximum atomic E-state index is 5.26. The molecule has 0 amide bonds. The SMILES string of the molecule is COc1cc(C)nc(CNCC2CSCCS2)c1. The normalized spacial score (nSPS) is 19.8. The molecule has 0 aromatic carbocycles. The van der Waals surface area contributed by atoms with Gasteiger partial charge in [0.05, 0.1) is 12.8 Å². The van der Waals surface area contributed by atoms with E-state index in [9.17, 15) is 0 Å². The van der Waals surface area contributed by atoms with Crippen LogP contribution in [0.15, 0.2) is 12.1 Å². The van der Waals surface area contributed by atoms with E-state index < -0.39 is 0 Å². The summed E-state index contributed by atoms with van der Waals surface area (Å²) in [6.07, 6.45) is 0. The Labute approximate surface area is 117 Å². The first-order valence-electron chi connectivity index (χ1n) is 6.19. The number of aryl methyl sites for hydroxylation is 1. The Morgan fingerprint density at radius 3 is 3.06 bits per heavy atom. The third-order valence-electron chi connectivity index (χ3n) is 2.78. The topological polar surface area (TPSA) is 34.1 Å². The molecule has 100 valence electrons. The van der Waals surface area contributed by atoms with Crippen molar-refractivity contribution in [3.05, 3.63) is 23.5 Å². The van der Waals surface area contributed by atoms with Crippen LogP contribution in [0.3, 0.4) is 0 Å². The van der Waals surface area contributed by atoms with Gasteiger partial charge in [-0.05, 0) is 6.92 Å². The number of hydrogen-bond donors (Lipinski definition) is 1. The molecular formula is C13H20N2OS2. The highest BCUT2D eigenvalue weighted by molar-refractivity contribution is 8.06. The van der Waals surface area contributed by atoms with Gasteiger partial charge in [-0.1, -0.05) is 0 Å². The summed E-state index contributed by atoms with van der Waals surface area (Å²) in [7, 11) is 1.70. The van der Waals surface area contributed by atoms with Crippen molar-refractivity contribution >= 4 is 23.5 Å². The summed E-state index contributed by atoms with van der Waals surface area (Å²) in [6.45, 7) is 3.88. The Balaban J connectivity index is 1.80. The lowest BCUT2D eigenvalue weighted by atomic mass is 10.3. The number of thioether (sulfide) groups is 2. The zero-order valence-corrected chi connectivity index (χ0v) is 12.6. The van der Waals surface area contributed by atoms with Crippen LogP contribution in [-0.4, -0.2) is 41.1 Å². The lowest BCUT2D eigenvalue weighted by Crippen LogP contribution is -2.28. The first kappa shape index (κ1) is 14.0. The molecule has 2 rings (SSSR count). The molecule has 1 aromatic heterocycles. The van der Waals surface area contributed by atoms with Crippen molar-refractivity contribution in [1.29, 1.82) is 0 Å². The number of rotatable bonds is 5. The monoisotopic (exact) mass is 284 g/mol. The predicted molar refractivity (Wildman–Crippen MR) is 80.8 cm³/mol. The molecule has 0 aliphatic carbocycles. The van der Waals surface area contributed by atoms with Gasteiger partial charge in [-0.2, -0.15) is 23.5 Å². The minimum Gasteiger partial charge on any atom is -0.497 e. The lowest BCUT2D eigenvalue weighted by molar-refractivity contribution is 0.412. The van der Waals surface area contributed by atoms with Crippen LogP contribution in [0.4, 0.5) is 0 Å². The molecule has 2 heterocycles. The molecule has 1 aliphatic rings. The zero-order chi connectivity index (χ0) is 12.8. The van der Waals surface area contributed by atoms with Crippen LogP contribution in [0, 0.1) is 6.92 Å². The molecule has 0 saturated carbocycles. The van der Waals surface area contributed by atoms with Gasteiger partial charge in [-0.3, -0.25) is 4.98 Å². The highest BCUT2D eigenvalue weighted by atomic mass is 32.2. The summed E-state index contributed by atoms with van der Waals surface area (Å²) in [5.41, 5.74) is 2.06. The molecule has 0 bridgehead atoms. The Bertz CT molecular complexity index is 381. The van der Waals surface area contributed by atoms with Crippen LogP contribution in [0.5, 0.6) is 5.75 Å². The van der Waals surface area contributed by atoms with Gasteiger partial charge in [-0.25, -0.2) is 0 Å². The standard InChI is InChI=1S/C13H20N2OS2/c1-10-5-12(16-2)6-11(15-10)7-14-8-13-9-17-3-4-18-13/h5-6,13-14H,3-4,7-9H2,1-2H3. The summed E-state index contributed by atoms with van der Waals surface area (Å²) in [5, 5.41) is 4.24. The van der Waals surface area contributed by atoms with Crippen molar-refractivity contribution in [1.82, 2.24) is 10.3 Å². The van der Waals surface area contributed by atoms with Crippen LogP contribution in [0.2, 0.25) is 0 Å². The summed E-state index contributed by atoms with van der Waals surface area (Å²) in [6, 6.07) is 3.96. The largest absolute Gasteiger partial charge is 0.497 e. The molecule has 1 saturated heterocycles. The molecule has 1 atom stereocenters. The zero-order valence-electron chi connectivity index (χ0n) is 10.9. The summed E-state index contributed by atoms with van der Waals surface area (Å²) in [5.74, 6) is 4.75. The number of hydrogen-bond acceptors (Lipinski definition) is 5. The van der Waals surface area contributed by atoms with Crippen LogP contribution in [0.1, 0.15) is 11.4 Å². The van der Waals surface area contributed by atoms with Crippen molar-refractivity contribution in [3.8, 4) is 5.75 Å². The minimum atomic E-state index is 0.746. The molecule has 1 aliphatic heterocycles. The van der Waals surface area contributed by atoms with Gasteiger partial charge < -0.3 is 10.1 Å². The van der Waals surface area contributed by atoms with Crippen molar-refractivity contribution < 1.29 is 4.74 Å². The van der Waals surface area contributed by atoms with Crippen molar-refractivity contribution in [3.63, 3.8) is 0 Å². The predicted octanol–water partition coefficient (Wildman–Crippen LogP) is 2.34. The van der Waals surface area contributed by atoms with Crippen molar-refractivity contribution in [2.24, 2.45) is 0 Å². The Kier molecular flexibility index (Phi) is 5.66. The van der Waals surface area contributed by atoms with Gasteiger partial charge in [0.15, 0.2) is 0 Å². The van der Waals surface area contributed by atoms with E-state index in [1.807, 2.05) is 19.1 Å². The number of aromatic nitrogens is 1. The van der Waals surface area contributed by atoms with E-state index in [1.165, 1.54) is 17.3 Å². The quantitative estimate of drug-likeness (QED) is 0.897. The van der Waals surface area contributed by atoms with E-state index in [4.69, 9.17) is 4.74 Å². The smallest absolute Gasteiger partial charge is 0.122 e. The minimum absolute atomic E-state index is 0.746. The van der Waals surface area contributed by atoms with Crippen LogP contribution >= 0.6 is 23.5 Å². The second kappa shape index (κ2) is 7.26. The first-order chi connectivity index (χ1) is 8.78. The lowest BCUT2D eigenvalue weighted by Gasteiger charge is -2.21. The van der Waals surface area contributed by atoms with Crippen LogP contribution in [0.25, 0.3) is 0 Å². The van der Waals surface area contributed by atoms with Gasteiger partial charge in [0.1, 0.15) is 5.75 Å². The number of nitrogens with zero attached hydrogens (tertiary/aromatic N) is 1. The summed E-state index contributed by atoms with van der Waals surface area (Å²) >= 11 is 4.14. The number of nitrogens with one attached hydrogen (secondary N) is 1. The average Bonchev–Trinajstić information content (AvgIpc) is 2.39. The fourth-order valence-corrected chi connectivity index (χ4v) is 4.57. The van der Waals surface area contributed by atoms with E-state index in [1.54, 1.807) is 7.11 Å². The summed E-state index contributed by atoms with van der Waals surface area (Å²) in [4.78, 5) is 4.51. The van der Waals surface area contributed by atoms with Gasteiger partial charge in [-0.15, -0.1) is 0 Å². The van der Waals surface area contributed by atoms with Crippen molar-refractivity contribution in [2.45, 2.75) is 18.7 Å². The fourth-order valence-electron chi connectivity index (χ4n) is 1.93. The van der Waals surface area contributed by atoms with E-state index in [0.29, 0.717) is 0 Å². The molecule has 1 aromatic rings. The number of methoxy groups -OCH3 is 1. The average molecular weight is 284 g/mol. The molecule has 5 heteroatoms. The third-order valence-corrected chi connectivity index (χ3v) is 5.62. The molecule has 1 fully saturated rings. The van der Waals surface area contributed by atoms with E-state index in [2.05, 4.69) is 33.8 Å². The van der Waals surface area contributed by atoms with Gasteiger partial charge in [0.25, 0.3) is 0 Å². The Morgan fingerprint density at radius 1 is 1.44 bits per heavy atom. The third kappa shape index (κ3) is 4.37. The molecule has 0 spiro atoms. The highest BCUT2D eigenvalue weighted by Crippen LogP contribution is 2.23. The van der Waals surface area contributed by atoms with E-state index in [0.717, 1.165) is 35.5 Å². The summed E-state index contributed by atoms with van der Waals surface area (Å²) < 4.78 is 5.26. The maximum absolute atomic E-state index is 5.26. The first-order valence-corrected chi connectivity index (χ1v) is 8.40. The second-order valence-electron chi connectivity index (χ2n) is 4.34. The molecule has 18 heavy (non-hydrogen) atoms. The maximum Gasteiger partial charge on any atom is 0.122 e. The van der Waals surface area contributed by atoms with E-state index >= 15 is 0 Å². The fraction of sp³-hybridized carbons (Fsp3) is 0.615. The molecule has 1 N–H and O–H groups in total. The van der Waals surface area contributed by atoms with Gasteiger partial charge in [0.2, 0.25) is 0 Å². The number of ether oxygens (including phenoxy) is 1. The molecule has 1 unspecified atom stereocenters.